The fourth-order valence-corrected chi connectivity index (χ4v) is 3.81. The molecular formula is C30H29N. The van der Waals surface area contributed by atoms with Crippen molar-refractivity contribution in [3.05, 3.63) is 150 Å². The SMILES string of the molecule is C(=C(c1ccccc1)c1ccccc1)N(CCc1ccccc1)CCc1ccccc1. The van der Waals surface area contributed by atoms with Gasteiger partial charge < -0.3 is 4.90 Å². The Morgan fingerprint density at radius 3 is 1.23 bits per heavy atom. The van der Waals surface area contributed by atoms with Gasteiger partial charge in [0.25, 0.3) is 0 Å². The first-order valence-corrected chi connectivity index (χ1v) is 11.0. The Morgan fingerprint density at radius 1 is 0.484 bits per heavy atom. The van der Waals surface area contributed by atoms with Gasteiger partial charge >= 0.3 is 0 Å². The average Bonchev–Trinajstić information content (AvgIpc) is 2.86. The molecule has 0 fully saturated rings. The van der Waals surface area contributed by atoms with E-state index in [9.17, 15) is 0 Å². The molecule has 0 aromatic heterocycles. The summed E-state index contributed by atoms with van der Waals surface area (Å²) in [6.07, 6.45) is 4.42. The molecule has 0 aliphatic heterocycles. The highest BCUT2D eigenvalue weighted by Crippen LogP contribution is 2.24. The van der Waals surface area contributed by atoms with Gasteiger partial charge in [-0.25, -0.2) is 0 Å². The van der Waals surface area contributed by atoms with E-state index in [1.54, 1.807) is 0 Å². The van der Waals surface area contributed by atoms with Gasteiger partial charge in [0.1, 0.15) is 0 Å². The van der Waals surface area contributed by atoms with Gasteiger partial charge in [0.15, 0.2) is 0 Å². The number of hydrogen-bond donors (Lipinski definition) is 0. The van der Waals surface area contributed by atoms with Crippen LogP contribution in [0.15, 0.2) is 128 Å². The molecule has 0 heterocycles. The maximum atomic E-state index is 2.48. The minimum atomic E-state index is 0.986. The standard InChI is InChI=1S/C30H29N/c1-5-13-26(14-6-1)21-23-31(24-22-27-15-7-2-8-16-27)25-30(28-17-9-3-10-18-28)29-19-11-4-12-20-29/h1-20,25H,21-24H2. The van der Waals surface area contributed by atoms with Crippen LogP contribution in [0, 0.1) is 0 Å². The van der Waals surface area contributed by atoms with E-state index in [-0.39, 0.29) is 0 Å². The molecule has 0 N–H and O–H groups in total. The van der Waals surface area contributed by atoms with E-state index in [2.05, 4.69) is 132 Å². The molecule has 154 valence electrons. The maximum Gasteiger partial charge on any atom is 0.0213 e. The lowest BCUT2D eigenvalue weighted by molar-refractivity contribution is 0.385. The fraction of sp³-hybridized carbons (Fsp3) is 0.133. The van der Waals surface area contributed by atoms with Crippen molar-refractivity contribution < 1.29 is 0 Å². The van der Waals surface area contributed by atoms with Crippen LogP contribution < -0.4 is 0 Å². The molecule has 4 aromatic rings. The van der Waals surface area contributed by atoms with E-state index in [1.165, 1.54) is 27.8 Å². The highest BCUT2D eigenvalue weighted by Gasteiger charge is 2.09. The molecule has 1 heteroatoms. The molecule has 0 aliphatic rings. The lowest BCUT2D eigenvalue weighted by Crippen LogP contribution is -2.23. The second-order valence-electron chi connectivity index (χ2n) is 7.78. The van der Waals surface area contributed by atoms with Gasteiger partial charge in [0, 0.05) is 24.9 Å². The first-order chi connectivity index (χ1) is 15.4. The average molecular weight is 404 g/mol. The van der Waals surface area contributed by atoms with Crippen molar-refractivity contribution in [2.45, 2.75) is 12.8 Å². The Bertz CT molecular complexity index is 969. The van der Waals surface area contributed by atoms with Gasteiger partial charge in [-0.05, 0) is 35.1 Å². The van der Waals surface area contributed by atoms with Crippen LogP contribution in [0.4, 0.5) is 0 Å². The van der Waals surface area contributed by atoms with E-state index in [0.717, 1.165) is 25.9 Å². The first-order valence-electron chi connectivity index (χ1n) is 11.0. The summed E-state index contributed by atoms with van der Waals surface area (Å²) in [6, 6.07) is 42.9. The number of hydrogen-bond acceptors (Lipinski definition) is 1. The van der Waals surface area contributed by atoms with Crippen molar-refractivity contribution in [1.82, 2.24) is 4.90 Å². The van der Waals surface area contributed by atoms with Gasteiger partial charge in [0.05, 0.1) is 0 Å². The molecule has 0 saturated carbocycles. The summed E-state index contributed by atoms with van der Waals surface area (Å²) in [6.45, 7) is 1.97. The fourth-order valence-electron chi connectivity index (χ4n) is 3.81. The molecule has 0 radical (unpaired) electrons. The van der Waals surface area contributed by atoms with E-state index in [1.807, 2.05) is 0 Å². The predicted octanol–water partition coefficient (Wildman–Crippen LogP) is 6.86. The lowest BCUT2D eigenvalue weighted by atomic mass is 9.98. The zero-order valence-electron chi connectivity index (χ0n) is 17.9. The Morgan fingerprint density at radius 2 is 0.839 bits per heavy atom. The summed E-state index contributed by atoms with van der Waals surface area (Å²) >= 11 is 0. The van der Waals surface area contributed by atoms with Crippen molar-refractivity contribution in [2.24, 2.45) is 0 Å². The van der Waals surface area contributed by atoms with Gasteiger partial charge in [0.2, 0.25) is 0 Å². The molecule has 0 saturated heterocycles. The van der Waals surface area contributed by atoms with Crippen LogP contribution in [0.2, 0.25) is 0 Å². The summed E-state index contributed by atoms with van der Waals surface area (Å²) in [5.41, 5.74) is 6.52. The topological polar surface area (TPSA) is 3.24 Å². The summed E-state index contributed by atoms with van der Waals surface area (Å²) in [7, 11) is 0. The molecule has 0 aliphatic carbocycles. The third kappa shape index (κ3) is 6.20. The molecule has 4 rings (SSSR count). The van der Waals surface area contributed by atoms with Gasteiger partial charge in [-0.1, -0.05) is 121 Å². The molecule has 0 spiro atoms. The summed E-state index contributed by atoms with van der Waals surface area (Å²) in [5.74, 6) is 0. The second-order valence-corrected chi connectivity index (χ2v) is 7.78. The first kappa shape index (κ1) is 20.7. The van der Waals surface area contributed by atoms with Gasteiger partial charge in [-0.2, -0.15) is 0 Å². The molecule has 0 atom stereocenters. The normalized spacial score (nSPS) is 10.5. The quantitative estimate of drug-likeness (QED) is 0.295. The molecule has 1 nitrogen and oxygen atoms in total. The van der Waals surface area contributed by atoms with Gasteiger partial charge in [-0.3, -0.25) is 0 Å². The minimum Gasteiger partial charge on any atom is -0.376 e. The zero-order chi connectivity index (χ0) is 21.1. The number of rotatable bonds is 9. The molecule has 0 unspecified atom stereocenters. The Balaban J connectivity index is 1.62. The monoisotopic (exact) mass is 403 g/mol. The zero-order valence-corrected chi connectivity index (χ0v) is 17.9. The van der Waals surface area contributed by atoms with Crippen molar-refractivity contribution in [1.29, 1.82) is 0 Å². The highest BCUT2D eigenvalue weighted by atomic mass is 15.1. The second kappa shape index (κ2) is 11.0. The van der Waals surface area contributed by atoms with Crippen LogP contribution in [0.25, 0.3) is 5.57 Å². The van der Waals surface area contributed by atoms with Gasteiger partial charge in [-0.15, -0.1) is 0 Å². The van der Waals surface area contributed by atoms with Crippen LogP contribution >= 0.6 is 0 Å². The smallest absolute Gasteiger partial charge is 0.0213 e. The van der Waals surface area contributed by atoms with E-state index in [0.29, 0.717) is 0 Å². The summed E-state index contributed by atoms with van der Waals surface area (Å²) in [4.78, 5) is 2.48. The van der Waals surface area contributed by atoms with Crippen LogP contribution in [0.1, 0.15) is 22.3 Å². The van der Waals surface area contributed by atoms with Crippen molar-refractivity contribution in [3.8, 4) is 0 Å². The van der Waals surface area contributed by atoms with Crippen molar-refractivity contribution in [2.75, 3.05) is 13.1 Å². The van der Waals surface area contributed by atoms with E-state index >= 15 is 0 Å². The van der Waals surface area contributed by atoms with Crippen LogP contribution in [-0.2, 0) is 12.8 Å². The molecule has 0 bridgehead atoms. The predicted molar refractivity (Wildman–Crippen MR) is 132 cm³/mol. The Kier molecular flexibility index (Phi) is 7.33. The van der Waals surface area contributed by atoms with Crippen LogP contribution in [0.5, 0.6) is 0 Å². The molecule has 0 amide bonds. The Labute approximate surface area is 186 Å². The maximum absolute atomic E-state index is 2.48. The lowest BCUT2D eigenvalue weighted by Gasteiger charge is -2.23. The van der Waals surface area contributed by atoms with Crippen molar-refractivity contribution in [3.63, 3.8) is 0 Å². The number of benzene rings is 4. The minimum absolute atomic E-state index is 0.986. The summed E-state index contributed by atoms with van der Waals surface area (Å²) < 4.78 is 0. The van der Waals surface area contributed by atoms with Crippen LogP contribution in [0.3, 0.4) is 0 Å². The third-order valence-corrected chi connectivity index (χ3v) is 5.54. The van der Waals surface area contributed by atoms with E-state index in [4.69, 9.17) is 0 Å². The highest BCUT2D eigenvalue weighted by molar-refractivity contribution is 5.79. The largest absolute Gasteiger partial charge is 0.376 e. The summed E-state index contributed by atoms with van der Waals surface area (Å²) in [5, 5.41) is 0. The molecule has 4 aromatic carbocycles. The molecule has 31 heavy (non-hydrogen) atoms. The Hall–Kier alpha value is -3.58. The molecular weight excluding hydrogens is 374 g/mol. The third-order valence-electron chi connectivity index (χ3n) is 5.54. The van der Waals surface area contributed by atoms with Crippen LogP contribution in [-0.4, -0.2) is 18.0 Å². The number of nitrogens with zero attached hydrogens (tertiary/aromatic N) is 1. The van der Waals surface area contributed by atoms with E-state index < -0.39 is 0 Å². The van der Waals surface area contributed by atoms with Crippen molar-refractivity contribution >= 4 is 5.57 Å².